The molecule has 0 unspecified atom stereocenters. The van der Waals surface area contributed by atoms with Crippen LogP contribution in [0.2, 0.25) is 0 Å². The zero-order chi connectivity index (χ0) is 15.5. The highest BCUT2D eigenvalue weighted by Crippen LogP contribution is 2.19. The normalized spacial score (nSPS) is 10.7. The molecule has 0 radical (unpaired) electrons. The summed E-state index contributed by atoms with van der Waals surface area (Å²) >= 11 is 0. The summed E-state index contributed by atoms with van der Waals surface area (Å²) in [7, 11) is -2.68. The molecule has 0 atom stereocenters. The largest absolute Gasteiger partial charge is 0.463 e. The summed E-state index contributed by atoms with van der Waals surface area (Å²) in [6, 6.07) is 9.85. The third-order valence-corrected chi connectivity index (χ3v) is 3.88. The number of sulfonamides is 1. The van der Waals surface area contributed by atoms with Crippen LogP contribution in [0.3, 0.4) is 0 Å². The zero-order valence-electron chi connectivity index (χ0n) is 10.9. The zero-order valence-corrected chi connectivity index (χ0v) is 11.7. The quantitative estimate of drug-likeness (QED) is 0.862. The molecule has 0 aliphatic carbocycles. The number of nitriles is 1. The number of rotatable bonds is 4. The lowest BCUT2D eigenvalue weighted by atomic mass is 10.2. The minimum Gasteiger partial charge on any atom is -0.463 e. The predicted molar refractivity (Wildman–Crippen MR) is 72.0 cm³/mol. The summed E-state index contributed by atoms with van der Waals surface area (Å²) in [5, 5.41) is 8.67. The number of furan rings is 1. The second-order valence-electron chi connectivity index (χ2n) is 3.90. The number of benzene rings is 1. The first-order chi connectivity index (χ1) is 9.96. The van der Waals surface area contributed by atoms with Crippen LogP contribution in [0.15, 0.2) is 45.7 Å². The molecule has 0 amide bonds. The van der Waals surface area contributed by atoms with Crippen molar-refractivity contribution in [2.75, 3.05) is 11.8 Å². The van der Waals surface area contributed by atoms with Gasteiger partial charge in [-0.3, -0.25) is 0 Å². The number of carbonyl (C=O) groups is 1. The number of anilines is 1. The molecule has 1 N–H and O–H groups in total. The van der Waals surface area contributed by atoms with E-state index in [2.05, 4.69) is 9.46 Å². The maximum Gasteiger partial charge on any atom is 0.374 e. The molecule has 7 nitrogen and oxygen atoms in total. The molecule has 2 aromatic rings. The van der Waals surface area contributed by atoms with E-state index in [1.165, 1.54) is 43.5 Å². The second kappa shape index (κ2) is 5.68. The number of ether oxygens (including phenoxy) is 1. The molecule has 0 aliphatic rings. The molecule has 1 heterocycles. The van der Waals surface area contributed by atoms with Gasteiger partial charge in [0.1, 0.15) is 0 Å². The van der Waals surface area contributed by atoms with Gasteiger partial charge >= 0.3 is 5.97 Å². The maximum absolute atomic E-state index is 12.1. The van der Waals surface area contributed by atoms with Crippen molar-refractivity contribution >= 4 is 21.9 Å². The minimum atomic E-state index is -3.86. The van der Waals surface area contributed by atoms with Crippen molar-refractivity contribution in [1.82, 2.24) is 0 Å². The summed E-state index contributed by atoms with van der Waals surface area (Å²) in [4.78, 5) is 11.2. The number of nitrogens with zero attached hydrogens (tertiary/aromatic N) is 1. The van der Waals surface area contributed by atoms with Crippen LogP contribution in [0.1, 0.15) is 16.1 Å². The Morgan fingerprint density at radius 2 is 1.90 bits per heavy atom. The molecule has 0 fully saturated rings. The number of hydrogen-bond acceptors (Lipinski definition) is 6. The van der Waals surface area contributed by atoms with Crippen molar-refractivity contribution in [3.63, 3.8) is 0 Å². The van der Waals surface area contributed by atoms with Crippen molar-refractivity contribution < 1.29 is 22.4 Å². The average molecular weight is 306 g/mol. The van der Waals surface area contributed by atoms with Crippen molar-refractivity contribution in [2.24, 2.45) is 0 Å². The molecule has 0 aliphatic heterocycles. The third-order valence-electron chi connectivity index (χ3n) is 2.52. The highest BCUT2D eigenvalue weighted by molar-refractivity contribution is 7.92. The fraction of sp³-hybridized carbons (Fsp3) is 0.0769. The molecule has 2 rings (SSSR count). The fourth-order valence-corrected chi connectivity index (χ4v) is 2.49. The lowest BCUT2D eigenvalue weighted by molar-refractivity contribution is 0.0566. The summed E-state index contributed by atoms with van der Waals surface area (Å²) in [5.41, 5.74) is 0.347. The van der Waals surface area contributed by atoms with Crippen LogP contribution in [-0.4, -0.2) is 21.5 Å². The van der Waals surface area contributed by atoms with Gasteiger partial charge in [-0.25, -0.2) is 17.9 Å². The molecule has 1 aromatic heterocycles. The van der Waals surface area contributed by atoms with Gasteiger partial charge in [-0.2, -0.15) is 5.26 Å². The first-order valence-corrected chi connectivity index (χ1v) is 7.16. The molecular formula is C13H10N2O5S. The predicted octanol–water partition coefficient (Wildman–Crippen LogP) is 1.74. The van der Waals surface area contributed by atoms with Gasteiger partial charge < -0.3 is 9.15 Å². The Bertz CT molecular complexity index is 800. The Balaban J connectivity index is 2.22. The molecule has 21 heavy (non-hydrogen) atoms. The SMILES string of the molecule is COC(=O)c1ccc(NS(=O)(=O)c2ccc(C#N)cc2)o1. The Morgan fingerprint density at radius 3 is 2.48 bits per heavy atom. The van der Waals surface area contributed by atoms with Crippen LogP contribution in [0, 0.1) is 11.3 Å². The van der Waals surface area contributed by atoms with Crippen LogP contribution in [-0.2, 0) is 14.8 Å². The van der Waals surface area contributed by atoms with Gasteiger partial charge in [0.2, 0.25) is 11.6 Å². The van der Waals surface area contributed by atoms with Crippen LogP contribution in [0.25, 0.3) is 0 Å². The van der Waals surface area contributed by atoms with E-state index in [0.29, 0.717) is 5.56 Å². The Kier molecular flexibility index (Phi) is 3.95. The first kappa shape index (κ1) is 14.6. The van der Waals surface area contributed by atoms with Gasteiger partial charge in [-0.15, -0.1) is 0 Å². The van der Waals surface area contributed by atoms with Crippen molar-refractivity contribution in [3.8, 4) is 6.07 Å². The second-order valence-corrected chi connectivity index (χ2v) is 5.58. The van der Waals surface area contributed by atoms with Crippen LogP contribution >= 0.6 is 0 Å². The number of hydrogen-bond donors (Lipinski definition) is 1. The van der Waals surface area contributed by atoms with E-state index >= 15 is 0 Å². The Labute approximate surface area is 120 Å². The smallest absolute Gasteiger partial charge is 0.374 e. The van der Waals surface area contributed by atoms with Crippen molar-refractivity contribution in [3.05, 3.63) is 47.7 Å². The third kappa shape index (κ3) is 3.21. The monoisotopic (exact) mass is 306 g/mol. The highest BCUT2D eigenvalue weighted by Gasteiger charge is 2.18. The first-order valence-electron chi connectivity index (χ1n) is 5.67. The topological polar surface area (TPSA) is 109 Å². The van der Waals surface area contributed by atoms with Crippen LogP contribution < -0.4 is 4.72 Å². The number of esters is 1. The number of nitrogens with one attached hydrogen (secondary N) is 1. The van der Waals surface area contributed by atoms with Gasteiger partial charge in [-0.05, 0) is 30.3 Å². The lowest BCUT2D eigenvalue weighted by Gasteiger charge is -2.05. The van der Waals surface area contributed by atoms with E-state index in [1.54, 1.807) is 0 Å². The van der Waals surface area contributed by atoms with Gasteiger partial charge in [0.15, 0.2) is 0 Å². The molecule has 1 aromatic carbocycles. The molecule has 0 saturated heterocycles. The van der Waals surface area contributed by atoms with Gasteiger partial charge in [0.25, 0.3) is 10.0 Å². The Hall–Kier alpha value is -2.79. The van der Waals surface area contributed by atoms with Gasteiger partial charge in [-0.1, -0.05) is 0 Å². The summed E-state index contributed by atoms with van der Waals surface area (Å²) in [6.45, 7) is 0. The molecule has 8 heteroatoms. The summed E-state index contributed by atoms with van der Waals surface area (Å²) in [6.07, 6.45) is 0. The summed E-state index contributed by atoms with van der Waals surface area (Å²) < 4.78 is 35.8. The van der Waals surface area contributed by atoms with E-state index in [9.17, 15) is 13.2 Å². The molecule has 0 saturated carbocycles. The average Bonchev–Trinajstić information content (AvgIpc) is 2.94. The lowest BCUT2D eigenvalue weighted by Crippen LogP contribution is -2.12. The molecule has 108 valence electrons. The van der Waals surface area contributed by atoms with E-state index < -0.39 is 16.0 Å². The van der Waals surface area contributed by atoms with Gasteiger partial charge in [0, 0.05) is 6.07 Å². The molecule has 0 bridgehead atoms. The number of carbonyl (C=O) groups excluding carboxylic acids is 1. The van der Waals surface area contributed by atoms with Crippen molar-refractivity contribution in [2.45, 2.75) is 4.90 Å². The molecular weight excluding hydrogens is 296 g/mol. The Morgan fingerprint density at radius 1 is 1.24 bits per heavy atom. The standard InChI is InChI=1S/C13H10N2O5S/c1-19-13(16)11-6-7-12(20-11)15-21(17,18)10-4-2-9(8-14)3-5-10/h2-7,15H,1H3. The highest BCUT2D eigenvalue weighted by atomic mass is 32.2. The van der Waals surface area contributed by atoms with E-state index in [4.69, 9.17) is 9.68 Å². The van der Waals surface area contributed by atoms with Crippen LogP contribution in [0.4, 0.5) is 5.88 Å². The maximum atomic E-state index is 12.1. The summed E-state index contributed by atoms with van der Waals surface area (Å²) in [5.74, 6) is -0.936. The van der Waals surface area contributed by atoms with E-state index in [1.807, 2.05) is 6.07 Å². The number of methoxy groups -OCH3 is 1. The molecule has 0 spiro atoms. The van der Waals surface area contributed by atoms with E-state index in [0.717, 1.165) is 0 Å². The fourth-order valence-electron chi connectivity index (χ4n) is 1.50. The van der Waals surface area contributed by atoms with E-state index in [-0.39, 0.29) is 16.5 Å². The van der Waals surface area contributed by atoms with Crippen LogP contribution in [0.5, 0.6) is 0 Å². The van der Waals surface area contributed by atoms with Gasteiger partial charge in [0.05, 0.1) is 23.6 Å². The minimum absolute atomic E-state index is 0.0301. The van der Waals surface area contributed by atoms with Crippen molar-refractivity contribution in [1.29, 1.82) is 5.26 Å².